The van der Waals surface area contributed by atoms with Gasteiger partial charge in [-0.05, 0) is 19.1 Å². The standard InChI is InChI=1S/C12H15NO3/c1-2-13-7-8(6-11(15)16)12-9(13)4-3-5-10(12)14/h3-5,8,14H,2,6-7H2,1H3,(H,15,16). The van der Waals surface area contributed by atoms with Gasteiger partial charge in [0.2, 0.25) is 0 Å². The van der Waals surface area contributed by atoms with Crippen molar-refractivity contribution in [2.24, 2.45) is 0 Å². The van der Waals surface area contributed by atoms with Crippen molar-refractivity contribution in [3.8, 4) is 5.75 Å². The number of aliphatic carboxylic acids is 1. The van der Waals surface area contributed by atoms with E-state index in [0.29, 0.717) is 6.54 Å². The first kappa shape index (κ1) is 10.8. The fourth-order valence-corrected chi connectivity index (χ4v) is 2.37. The van der Waals surface area contributed by atoms with Crippen LogP contribution in [0.15, 0.2) is 18.2 Å². The van der Waals surface area contributed by atoms with Crippen LogP contribution in [-0.4, -0.2) is 29.3 Å². The van der Waals surface area contributed by atoms with Crippen molar-refractivity contribution in [3.05, 3.63) is 23.8 Å². The number of rotatable bonds is 3. The number of fused-ring (bicyclic) bond motifs is 1. The van der Waals surface area contributed by atoms with Gasteiger partial charge in [0.25, 0.3) is 0 Å². The van der Waals surface area contributed by atoms with Crippen molar-refractivity contribution < 1.29 is 15.0 Å². The lowest BCUT2D eigenvalue weighted by atomic mass is 9.97. The first-order valence-corrected chi connectivity index (χ1v) is 5.42. The van der Waals surface area contributed by atoms with E-state index in [0.717, 1.165) is 17.8 Å². The summed E-state index contributed by atoms with van der Waals surface area (Å²) in [6, 6.07) is 5.34. The zero-order valence-electron chi connectivity index (χ0n) is 9.18. The van der Waals surface area contributed by atoms with Gasteiger partial charge in [0.1, 0.15) is 5.75 Å². The average Bonchev–Trinajstić information content (AvgIpc) is 2.57. The van der Waals surface area contributed by atoms with Crippen LogP contribution in [0.5, 0.6) is 5.75 Å². The number of aromatic hydroxyl groups is 1. The fraction of sp³-hybridized carbons (Fsp3) is 0.417. The molecule has 86 valence electrons. The lowest BCUT2D eigenvalue weighted by Crippen LogP contribution is -2.21. The molecule has 1 aromatic carbocycles. The van der Waals surface area contributed by atoms with Gasteiger partial charge in [-0.1, -0.05) is 6.07 Å². The van der Waals surface area contributed by atoms with Gasteiger partial charge < -0.3 is 15.1 Å². The molecule has 1 aliphatic heterocycles. The zero-order chi connectivity index (χ0) is 11.7. The normalized spacial score (nSPS) is 18.6. The minimum absolute atomic E-state index is 0.0705. The van der Waals surface area contributed by atoms with Gasteiger partial charge in [-0.3, -0.25) is 4.79 Å². The van der Waals surface area contributed by atoms with Crippen LogP contribution in [0.3, 0.4) is 0 Å². The molecule has 1 aliphatic rings. The maximum Gasteiger partial charge on any atom is 0.304 e. The van der Waals surface area contributed by atoms with Crippen molar-refractivity contribution in [2.75, 3.05) is 18.0 Å². The van der Waals surface area contributed by atoms with Crippen LogP contribution in [0.4, 0.5) is 5.69 Å². The number of carbonyl (C=O) groups is 1. The van der Waals surface area contributed by atoms with Crippen LogP contribution in [0.2, 0.25) is 0 Å². The summed E-state index contributed by atoms with van der Waals surface area (Å²) in [6.07, 6.45) is 0.0705. The Hall–Kier alpha value is -1.71. The van der Waals surface area contributed by atoms with Crippen LogP contribution in [0, 0.1) is 0 Å². The molecule has 0 fully saturated rings. The molecule has 1 heterocycles. The minimum atomic E-state index is -0.822. The number of benzene rings is 1. The van der Waals surface area contributed by atoms with Crippen molar-refractivity contribution in [1.82, 2.24) is 0 Å². The van der Waals surface area contributed by atoms with E-state index in [1.165, 1.54) is 0 Å². The van der Waals surface area contributed by atoms with Gasteiger partial charge in [0.15, 0.2) is 0 Å². The van der Waals surface area contributed by atoms with E-state index in [-0.39, 0.29) is 18.1 Å². The Morgan fingerprint density at radius 3 is 2.94 bits per heavy atom. The number of hydrogen-bond donors (Lipinski definition) is 2. The fourth-order valence-electron chi connectivity index (χ4n) is 2.37. The third kappa shape index (κ3) is 1.71. The molecular formula is C12H15NO3. The summed E-state index contributed by atoms with van der Waals surface area (Å²) in [4.78, 5) is 12.9. The number of nitrogens with zero attached hydrogens (tertiary/aromatic N) is 1. The molecule has 0 amide bonds. The molecule has 1 unspecified atom stereocenters. The number of carboxylic acids is 1. The summed E-state index contributed by atoms with van der Waals surface area (Å²) in [7, 11) is 0. The average molecular weight is 221 g/mol. The minimum Gasteiger partial charge on any atom is -0.508 e. The zero-order valence-corrected chi connectivity index (χ0v) is 9.18. The second kappa shape index (κ2) is 4.04. The molecule has 0 saturated carbocycles. The van der Waals surface area contributed by atoms with E-state index < -0.39 is 5.97 Å². The summed E-state index contributed by atoms with van der Waals surface area (Å²) in [5.74, 6) is -0.717. The van der Waals surface area contributed by atoms with Gasteiger partial charge in [-0.2, -0.15) is 0 Å². The summed E-state index contributed by atoms with van der Waals surface area (Å²) in [6.45, 7) is 3.53. The monoisotopic (exact) mass is 221 g/mol. The van der Waals surface area contributed by atoms with E-state index >= 15 is 0 Å². The second-order valence-electron chi connectivity index (χ2n) is 4.04. The molecule has 4 nitrogen and oxygen atoms in total. The van der Waals surface area contributed by atoms with Crippen molar-refractivity contribution >= 4 is 11.7 Å². The largest absolute Gasteiger partial charge is 0.508 e. The molecule has 2 rings (SSSR count). The molecule has 4 heteroatoms. The number of hydrogen-bond acceptors (Lipinski definition) is 3. The van der Waals surface area contributed by atoms with Crippen molar-refractivity contribution in [2.45, 2.75) is 19.3 Å². The number of likely N-dealkylation sites (N-methyl/N-ethyl adjacent to an activating group) is 1. The van der Waals surface area contributed by atoms with Crippen molar-refractivity contribution in [3.63, 3.8) is 0 Å². The van der Waals surface area contributed by atoms with Crippen LogP contribution in [0.25, 0.3) is 0 Å². The number of carboxylic acid groups (broad SMARTS) is 1. The van der Waals surface area contributed by atoms with Crippen LogP contribution >= 0.6 is 0 Å². The van der Waals surface area contributed by atoms with E-state index in [1.54, 1.807) is 12.1 Å². The Morgan fingerprint density at radius 1 is 1.56 bits per heavy atom. The SMILES string of the molecule is CCN1CC(CC(=O)O)c2c(O)cccc21. The second-order valence-corrected chi connectivity index (χ2v) is 4.04. The topological polar surface area (TPSA) is 60.8 Å². The number of anilines is 1. The van der Waals surface area contributed by atoms with Gasteiger partial charge in [0.05, 0.1) is 6.42 Å². The van der Waals surface area contributed by atoms with Gasteiger partial charge in [-0.15, -0.1) is 0 Å². The molecule has 0 bridgehead atoms. The van der Waals surface area contributed by atoms with Crippen LogP contribution < -0.4 is 4.90 Å². The molecule has 0 aliphatic carbocycles. The highest BCUT2D eigenvalue weighted by molar-refractivity contribution is 5.72. The molecule has 2 N–H and O–H groups in total. The van der Waals surface area contributed by atoms with Crippen LogP contribution in [-0.2, 0) is 4.79 Å². The summed E-state index contributed by atoms with van der Waals surface area (Å²) in [5.41, 5.74) is 1.75. The highest BCUT2D eigenvalue weighted by Gasteiger charge is 2.31. The van der Waals surface area contributed by atoms with Crippen LogP contribution in [0.1, 0.15) is 24.8 Å². The Bertz CT molecular complexity index is 417. The lowest BCUT2D eigenvalue weighted by molar-refractivity contribution is -0.137. The van der Waals surface area contributed by atoms with Crippen molar-refractivity contribution in [1.29, 1.82) is 0 Å². The molecule has 0 aromatic heterocycles. The molecule has 0 spiro atoms. The van der Waals surface area contributed by atoms with Gasteiger partial charge in [0, 0.05) is 30.3 Å². The first-order chi connectivity index (χ1) is 7.63. The maximum absolute atomic E-state index is 10.8. The van der Waals surface area contributed by atoms with Gasteiger partial charge >= 0.3 is 5.97 Å². The predicted octanol–water partition coefficient (Wildman–Crippen LogP) is 1.79. The Balaban J connectivity index is 2.39. The van der Waals surface area contributed by atoms with E-state index in [2.05, 4.69) is 4.90 Å². The Labute approximate surface area is 94.1 Å². The first-order valence-electron chi connectivity index (χ1n) is 5.42. The third-order valence-corrected chi connectivity index (χ3v) is 3.05. The predicted molar refractivity (Wildman–Crippen MR) is 61.0 cm³/mol. The summed E-state index contributed by atoms with van der Waals surface area (Å²) < 4.78 is 0. The molecule has 1 aromatic rings. The Kier molecular flexibility index (Phi) is 2.73. The number of phenolic OH excluding ortho intramolecular Hbond substituents is 1. The molecule has 16 heavy (non-hydrogen) atoms. The quantitative estimate of drug-likeness (QED) is 0.817. The highest BCUT2D eigenvalue weighted by atomic mass is 16.4. The molecule has 1 atom stereocenters. The number of phenols is 1. The lowest BCUT2D eigenvalue weighted by Gasteiger charge is -2.16. The van der Waals surface area contributed by atoms with E-state index in [4.69, 9.17) is 5.11 Å². The summed E-state index contributed by atoms with van der Waals surface area (Å²) in [5, 5.41) is 18.7. The third-order valence-electron chi connectivity index (χ3n) is 3.05. The van der Waals surface area contributed by atoms with E-state index in [9.17, 15) is 9.90 Å². The molecule has 0 radical (unpaired) electrons. The smallest absolute Gasteiger partial charge is 0.304 e. The summed E-state index contributed by atoms with van der Waals surface area (Å²) >= 11 is 0. The maximum atomic E-state index is 10.8. The van der Waals surface area contributed by atoms with Gasteiger partial charge in [-0.25, -0.2) is 0 Å². The molecular weight excluding hydrogens is 206 g/mol. The molecule has 0 saturated heterocycles. The highest BCUT2D eigenvalue weighted by Crippen LogP contribution is 2.42. The van der Waals surface area contributed by atoms with E-state index in [1.807, 2.05) is 13.0 Å². The Morgan fingerprint density at radius 2 is 2.31 bits per heavy atom.